The standard InChI is InChI=1S/C22H20N2O5/c1-13-16-12-15(25-2)7-9-17(16)28-21(13)22-23-20(29-24-22)10-6-14-5-8-18(26-3)19(11-14)27-4/h5-12H,1-4H3/b10-6+. The summed E-state index contributed by atoms with van der Waals surface area (Å²) in [6.07, 6.45) is 3.59. The van der Waals surface area contributed by atoms with Crippen LogP contribution in [0.1, 0.15) is 17.0 Å². The number of ether oxygens (including phenoxy) is 3. The first-order valence-corrected chi connectivity index (χ1v) is 8.94. The van der Waals surface area contributed by atoms with E-state index in [0.717, 1.165) is 27.8 Å². The Hall–Kier alpha value is -3.74. The maximum absolute atomic E-state index is 5.92. The predicted octanol–water partition coefficient (Wildman–Crippen LogP) is 4.99. The molecule has 0 aliphatic heterocycles. The Morgan fingerprint density at radius 1 is 0.897 bits per heavy atom. The Morgan fingerprint density at radius 2 is 1.72 bits per heavy atom. The Kier molecular flexibility index (Phi) is 4.95. The van der Waals surface area contributed by atoms with Gasteiger partial charge in [0.1, 0.15) is 11.3 Å². The molecular formula is C22H20N2O5. The smallest absolute Gasteiger partial charge is 0.251 e. The number of furan rings is 1. The fraction of sp³-hybridized carbons (Fsp3) is 0.182. The second-order valence-corrected chi connectivity index (χ2v) is 6.32. The summed E-state index contributed by atoms with van der Waals surface area (Å²) in [6.45, 7) is 1.95. The van der Waals surface area contributed by atoms with Crippen LogP contribution in [0.4, 0.5) is 0 Å². The van der Waals surface area contributed by atoms with Crippen molar-refractivity contribution in [2.45, 2.75) is 6.92 Å². The van der Waals surface area contributed by atoms with Gasteiger partial charge in [-0.2, -0.15) is 4.98 Å². The third-order valence-electron chi connectivity index (χ3n) is 4.61. The molecule has 148 valence electrons. The molecule has 2 heterocycles. The van der Waals surface area contributed by atoms with Gasteiger partial charge in [-0.1, -0.05) is 11.2 Å². The topological polar surface area (TPSA) is 79.8 Å². The Bertz CT molecular complexity index is 1190. The van der Waals surface area contributed by atoms with E-state index in [0.29, 0.717) is 29.0 Å². The molecule has 4 aromatic rings. The van der Waals surface area contributed by atoms with Gasteiger partial charge < -0.3 is 23.2 Å². The highest BCUT2D eigenvalue weighted by Crippen LogP contribution is 2.34. The number of hydrogen-bond donors (Lipinski definition) is 0. The van der Waals surface area contributed by atoms with E-state index in [4.69, 9.17) is 23.2 Å². The van der Waals surface area contributed by atoms with Crippen molar-refractivity contribution in [2.24, 2.45) is 0 Å². The van der Waals surface area contributed by atoms with Gasteiger partial charge in [-0.25, -0.2) is 0 Å². The van der Waals surface area contributed by atoms with Crippen LogP contribution in [0, 0.1) is 6.92 Å². The zero-order chi connectivity index (χ0) is 20.4. The number of benzene rings is 2. The van der Waals surface area contributed by atoms with Crippen LogP contribution in [0.2, 0.25) is 0 Å². The van der Waals surface area contributed by atoms with Gasteiger partial charge in [0.2, 0.25) is 5.82 Å². The molecule has 0 saturated carbocycles. The van der Waals surface area contributed by atoms with E-state index in [1.54, 1.807) is 27.4 Å². The predicted molar refractivity (Wildman–Crippen MR) is 109 cm³/mol. The lowest BCUT2D eigenvalue weighted by Crippen LogP contribution is -1.90. The van der Waals surface area contributed by atoms with Crippen LogP contribution in [-0.4, -0.2) is 31.5 Å². The van der Waals surface area contributed by atoms with E-state index in [-0.39, 0.29) is 0 Å². The molecule has 0 unspecified atom stereocenters. The summed E-state index contributed by atoms with van der Waals surface area (Å²) in [4.78, 5) is 4.43. The van der Waals surface area contributed by atoms with E-state index in [2.05, 4.69) is 10.1 Å². The number of rotatable bonds is 6. The van der Waals surface area contributed by atoms with Gasteiger partial charge in [0.25, 0.3) is 5.89 Å². The summed E-state index contributed by atoms with van der Waals surface area (Å²) in [7, 11) is 4.83. The minimum atomic E-state index is 0.368. The first kappa shape index (κ1) is 18.6. The summed E-state index contributed by atoms with van der Waals surface area (Å²) < 4.78 is 27.1. The van der Waals surface area contributed by atoms with E-state index in [9.17, 15) is 0 Å². The molecule has 0 spiro atoms. The van der Waals surface area contributed by atoms with Gasteiger partial charge in [-0.3, -0.25) is 0 Å². The Morgan fingerprint density at radius 3 is 2.48 bits per heavy atom. The van der Waals surface area contributed by atoms with Crippen molar-refractivity contribution in [1.82, 2.24) is 10.1 Å². The van der Waals surface area contributed by atoms with Crippen LogP contribution < -0.4 is 14.2 Å². The monoisotopic (exact) mass is 392 g/mol. The molecule has 0 fully saturated rings. The number of fused-ring (bicyclic) bond motifs is 1. The molecule has 2 aromatic heterocycles. The Labute approximate surface area is 167 Å². The average molecular weight is 392 g/mol. The van der Waals surface area contributed by atoms with Crippen molar-refractivity contribution in [2.75, 3.05) is 21.3 Å². The van der Waals surface area contributed by atoms with Gasteiger partial charge in [0.15, 0.2) is 17.3 Å². The minimum absolute atomic E-state index is 0.368. The second-order valence-electron chi connectivity index (χ2n) is 6.32. The van der Waals surface area contributed by atoms with Crippen LogP contribution in [0.5, 0.6) is 17.2 Å². The summed E-state index contributed by atoms with van der Waals surface area (Å²) in [5.41, 5.74) is 2.58. The molecule has 0 amide bonds. The summed E-state index contributed by atoms with van der Waals surface area (Å²) in [6, 6.07) is 11.2. The molecule has 0 saturated heterocycles. The molecular weight excluding hydrogens is 372 g/mol. The largest absolute Gasteiger partial charge is 0.497 e. The number of aromatic nitrogens is 2. The minimum Gasteiger partial charge on any atom is -0.497 e. The molecule has 0 aliphatic carbocycles. The molecule has 0 radical (unpaired) electrons. The van der Waals surface area contributed by atoms with Crippen LogP contribution in [0.25, 0.3) is 34.7 Å². The van der Waals surface area contributed by atoms with Gasteiger partial charge in [0.05, 0.1) is 21.3 Å². The quantitative estimate of drug-likeness (QED) is 0.457. The van der Waals surface area contributed by atoms with Crippen LogP contribution in [-0.2, 0) is 0 Å². The molecule has 0 N–H and O–H groups in total. The van der Waals surface area contributed by atoms with Crippen molar-refractivity contribution in [1.29, 1.82) is 0 Å². The maximum atomic E-state index is 5.92. The van der Waals surface area contributed by atoms with E-state index < -0.39 is 0 Å². The van der Waals surface area contributed by atoms with Crippen LogP contribution in [0.15, 0.2) is 45.3 Å². The van der Waals surface area contributed by atoms with Gasteiger partial charge >= 0.3 is 0 Å². The van der Waals surface area contributed by atoms with Gasteiger partial charge in [-0.15, -0.1) is 0 Å². The lowest BCUT2D eigenvalue weighted by atomic mass is 10.1. The summed E-state index contributed by atoms with van der Waals surface area (Å²) >= 11 is 0. The Balaban J connectivity index is 1.61. The fourth-order valence-electron chi connectivity index (χ4n) is 3.06. The third kappa shape index (κ3) is 3.54. The molecule has 0 aliphatic rings. The molecule has 7 nitrogen and oxygen atoms in total. The molecule has 4 rings (SSSR count). The van der Waals surface area contributed by atoms with E-state index >= 15 is 0 Å². The normalized spacial score (nSPS) is 11.3. The molecule has 0 bridgehead atoms. The van der Waals surface area contributed by atoms with Gasteiger partial charge in [0, 0.05) is 17.0 Å². The first-order valence-electron chi connectivity index (χ1n) is 8.94. The zero-order valence-corrected chi connectivity index (χ0v) is 16.6. The van der Waals surface area contributed by atoms with E-state index in [1.807, 2.05) is 49.4 Å². The third-order valence-corrected chi connectivity index (χ3v) is 4.61. The van der Waals surface area contributed by atoms with Crippen LogP contribution in [0.3, 0.4) is 0 Å². The molecule has 2 aromatic carbocycles. The number of nitrogens with zero attached hydrogens (tertiary/aromatic N) is 2. The lowest BCUT2D eigenvalue weighted by molar-refractivity contribution is 0.355. The summed E-state index contributed by atoms with van der Waals surface area (Å²) in [5.74, 6) is 3.41. The SMILES string of the molecule is COc1ccc2oc(-c3noc(/C=C/c4ccc(OC)c(OC)c4)n3)c(C)c2c1. The molecule has 29 heavy (non-hydrogen) atoms. The van der Waals surface area contributed by atoms with Crippen molar-refractivity contribution in [3.05, 3.63) is 53.4 Å². The number of aryl methyl sites for hydroxylation is 1. The highest BCUT2D eigenvalue weighted by molar-refractivity contribution is 5.87. The lowest BCUT2D eigenvalue weighted by Gasteiger charge is -2.07. The highest BCUT2D eigenvalue weighted by Gasteiger charge is 2.18. The molecule has 0 atom stereocenters. The van der Waals surface area contributed by atoms with E-state index in [1.165, 1.54) is 0 Å². The maximum Gasteiger partial charge on any atom is 0.251 e. The number of hydrogen-bond acceptors (Lipinski definition) is 7. The van der Waals surface area contributed by atoms with Crippen molar-refractivity contribution < 1.29 is 23.2 Å². The highest BCUT2D eigenvalue weighted by atomic mass is 16.5. The summed E-state index contributed by atoms with van der Waals surface area (Å²) in [5, 5.41) is 5.00. The molecule has 7 heteroatoms. The fourth-order valence-corrected chi connectivity index (χ4v) is 3.06. The zero-order valence-electron chi connectivity index (χ0n) is 16.6. The van der Waals surface area contributed by atoms with Crippen molar-refractivity contribution in [3.63, 3.8) is 0 Å². The second kappa shape index (κ2) is 7.71. The number of methoxy groups -OCH3 is 3. The first-order chi connectivity index (χ1) is 14.1. The van der Waals surface area contributed by atoms with Crippen molar-refractivity contribution >= 4 is 23.1 Å². The van der Waals surface area contributed by atoms with Crippen LogP contribution >= 0.6 is 0 Å². The van der Waals surface area contributed by atoms with Crippen molar-refractivity contribution in [3.8, 4) is 28.8 Å². The van der Waals surface area contributed by atoms with Gasteiger partial charge in [-0.05, 0) is 48.9 Å². The average Bonchev–Trinajstić information content (AvgIpc) is 3.36.